The second-order valence-corrected chi connectivity index (χ2v) is 5.66. The Morgan fingerprint density at radius 1 is 1.09 bits per heavy atom. The summed E-state index contributed by atoms with van der Waals surface area (Å²) in [6.07, 6.45) is -3.75. The third kappa shape index (κ3) is 2.80. The van der Waals surface area contributed by atoms with Gasteiger partial charge in [0.25, 0.3) is 5.91 Å². The van der Waals surface area contributed by atoms with Gasteiger partial charge in [0.1, 0.15) is 0 Å². The number of carbonyl (C=O) groups is 1. The van der Waals surface area contributed by atoms with Crippen molar-refractivity contribution >= 4 is 16.7 Å². The third-order valence-corrected chi connectivity index (χ3v) is 4.19. The van der Waals surface area contributed by atoms with Crippen molar-refractivity contribution in [3.63, 3.8) is 0 Å². The lowest BCUT2D eigenvalue weighted by Gasteiger charge is -2.34. The normalized spacial score (nSPS) is 19.4. The number of alkyl halides is 3. The first kappa shape index (κ1) is 14.9. The van der Waals surface area contributed by atoms with Gasteiger partial charge < -0.3 is 4.90 Å². The zero-order chi connectivity index (χ0) is 15.7. The summed E-state index contributed by atoms with van der Waals surface area (Å²) in [5.74, 6) is -1.73. The van der Waals surface area contributed by atoms with Crippen molar-refractivity contribution in [2.45, 2.75) is 19.0 Å². The van der Waals surface area contributed by atoms with Crippen LogP contribution in [-0.4, -0.2) is 30.1 Å². The maximum absolute atomic E-state index is 12.9. The highest BCUT2D eigenvalue weighted by molar-refractivity contribution is 6.07. The van der Waals surface area contributed by atoms with E-state index in [0.717, 1.165) is 10.8 Å². The SMILES string of the molecule is O=C(c1cccc2ccccc12)N1CCC[C@@H](C(F)(F)F)C1. The minimum Gasteiger partial charge on any atom is -0.338 e. The number of amides is 1. The fourth-order valence-corrected chi connectivity index (χ4v) is 3.01. The number of fused-ring (bicyclic) bond motifs is 1. The number of benzene rings is 2. The van der Waals surface area contributed by atoms with Crippen molar-refractivity contribution in [3.8, 4) is 0 Å². The Morgan fingerprint density at radius 3 is 2.59 bits per heavy atom. The fourth-order valence-electron chi connectivity index (χ4n) is 3.01. The molecule has 1 amide bonds. The van der Waals surface area contributed by atoms with Crippen LogP contribution in [0.2, 0.25) is 0 Å². The van der Waals surface area contributed by atoms with Crippen molar-refractivity contribution in [3.05, 3.63) is 48.0 Å². The molecule has 0 aromatic heterocycles. The average molecular weight is 307 g/mol. The lowest BCUT2D eigenvalue weighted by molar-refractivity contribution is -0.184. The lowest BCUT2D eigenvalue weighted by Crippen LogP contribution is -2.44. The molecule has 2 nitrogen and oxygen atoms in total. The summed E-state index contributed by atoms with van der Waals surface area (Å²) in [6, 6.07) is 12.8. The van der Waals surface area contributed by atoms with Crippen LogP contribution >= 0.6 is 0 Å². The van der Waals surface area contributed by atoms with Crippen molar-refractivity contribution in [2.24, 2.45) is 5.92 Å². The van der Waals surface area contributed by atoms with Crippen LogP contribution in [0.15, 0.2) is 42.5 Å². The third-order valence-electron chi connectivity index (χ3n) is 4.19. The molecule has 1 heterocycles. The molecule has 0 N–H and O–H groups in total. The van der Waals surface area contributed by atoms with Crippen molar-refractivity contribution in [1.82, 2.24) is 4.90 Å². The number of hydrogen-bond acceptors (Lipinski definition) is 1. The standard InChI is InChI=1S/C17H16F3NO/c18-17(19,20)13-7-4-10-21(11-13)16(22)15-9-3-6-12-5-1-2-8-14(12)15/h1-3,5-6,8-9,13H,4,7,10-11H2/t13-/m1/s1. The first-order valence-electron chi connectivity index (χ1n) is 7.30. The Kier molecular flexibility index (Phi) is 3.81. The summed E-state index contributed by atoms with van der Waals surface area (Å²) in [7, 11) is 0. The van der Waals surface area contributed by atoms with E-state index in [9.17, 15) is 18.0 Å². The summed E-state index contributed by atoms with van der Waals surface area (Å²) in [6.45, 7) is 0.139. The largest absolute Gasteiger partial charge is 0.393 e. The molecule has 3 rings (SSSR count). The summed E-state index contributed by atoms with van der Waals surface area (Å²) in [5.41, 5.74) is 0.473. The van der Waals surface area contributed by atoms with Crippen molar-refractivity contribution in [2.75, 3.05) is 13.1 Å². The number of carbonyl (C=O) groups excluding carboxylic acids is 1. The highest BCUT2D eigenvalue weighted by Crippen LogP contribution is 2.34. The maximum atomic E-state index is 12.9. The van der Waals surface area contributed by atoms with Gasteiger partial charge in [-0.15, -0.1) is 0 Å². The van der Waals surface area contributed by atoms with Gasteiger partial charge in [0.05, 0.1) is 5.92 Å². The Morgan fingerprint density at radius 2 is 1.82 bits per heavy atom. The van der Waals surface area contributed by atoms with Crippen molar-refractivity contribution in [1.29, 1.82) is 0 Å². The van der Waals surface area contributed by atoms with E-state index in [0.29, 0.717) is 18.5 Å². The van der Waals surface area contributed by atoms with Crippen LogP contribution in [0.1, 0.15) is 23.2 Å². The zero-order valence-electron chi connectivity index (χ0n) is 11.9. The Balaban J connectivity index is 1.90. The number of piperidine rings is 1. The molecule has 1 aliphatic rings. The molecule has 116 valence electrons. The summed E-state index contributed by atoms with van der Waals surface area (Å²) in [5, 5.41) is 1.70. The van der Waals surface area contributed by atoms with E-state index in [1.165, 1.54) is 4.90 Å². The molecule has 2 aromatic carbocycles. The van der Waals surface area contributed by atoms with E-state index in [2.05, 4.69) is 0 Å². The van der Waals surface area contributed by atoms with Gasteiger partial charge in [0.15, 0.2) is 0 Å². The maximum Gasteiger partial charge on any atom is 0.393 e. The molecule has 2 aromatic rings. The second-order valence-electron chi connectivity index (χ2n) is 5.66. The van der Waals surface area contributed by atoms with Gasteiger partial charge in [0, 0.05) is 18.7 Å². The van der Waals surface area contributed by atoms with E-state index >= 15 is 0 Å². The molecule has 5 heteroatoms. The van der Waals surface area contributed by atoms with Crippen LogP contribution < -0.4 is 0 Å². The second kappa shape index (κ2) is 5.63. The van der Waals surface area contributed by atoms with Crippen LogP contribution in [-0.2, 0) is 0 Å². The number of rotatable bonds is 1. The van der Waals surface area contributed by atoms with E-state index in [4.69, 9.17) is 0 Å². The molecule has 0 saturated carbocycles. The van der Waals surface area contributed by atoms with Gasteiger partial charge in [-0.3, -0.25) is 4.79 Å². The van der Waals surface area contributed by atoms with Crippen LogP contribution in [0.25, 0.3) is 10.8 Å². The molecule has 0 bridgehead atoms. The van der Waals surface area contributed by atoms with Gasteiger partial charge >= 0.3 is 6.18 Å². The number of hydrogen-bond donors (Lipinski definition) is 0. The minimum absolute atomic E-state index is 0.100. The lowest BCUT2D eigenvalue weighted by atomic mass is 9.96. The van der Waals surface area contributed by atoms with Crippen LogP contribution in [0.4, 0.5) is 13.2 Å². The topological polar surface area (TPSA) is 20.3 Å². The van der Waals surface area contributed by atoms with Gasteiger partial charge in [-0.05, 0) is 29.7 Å². The number of likely N-dealkylation sites (tertiary alicyclic amines) is 1. The quantitative estimate of drug-likeness (QED) is 0.771. The molecule has 1 saturated heterocycles. The fraction of sp³-hybridized carbons (Fsp3) is 0.353. The highest BCUT2D eigenvalue weighted by Gasteiger charge is 2.42. The molecule has 0 aliphatic carbocycles. The van der Waals surface area contributed by atoms with E-state index in [-0.39, 0.29) is 18.9 Å². The van der Waals surface area contributed by atoms with E-state index < -0.39 is 12.1 Å². The van der Waals surface area contributed by atoms with Crippen LogP contribution in [0.5, 0.6) is 0 Å². The number of nitrogens with zero attached hydrogens (tertiary/aromatic N) is 1. The molecule has 22 heavy (non-hydrogen) atoms. The Labute approximate surface area is 126 Å². The molecule has 0 spiro atoms. The highest BCUT2D eigenvalue weighted by atomic mass is 19.4. The average Bonchev–Trinajstić information content (AvgIpc) is 2.53. The molecule has 0 unspecified atom stereocenters. The monoisotopic (exact) mass is 307 g/mol. The summed E-state index contributed by atoms with van der Waals surface area (Å²) < 4.78 is 38.7. The molecule has 1 aliphatic heterocycles. The first-order valence-corrected chi connectivity index (χ1v) is 7.30. The molecule has 0 radical (unpaired) electrons. The van der Waals surface area contributed by atoms with Gasteiger partial charge in [0.2, 0.25) is 0 Å². The molecular weight excluding hydrogens is 291 g/mol. The Bertz CT molecular complexity index is 690. The zero-order valence-corrected chi connectivity index (χ0v) is 11.9. The molecule has 1 fully saturated rings. The van der Waals surface area contributed by atoms with Crippen LogP contribution in [0, 0.1) is 5.92 Å². The molecular formula is C17H16F3NO. The van der Waals surface area contributed by atoms with E-state index in [1.807, 2.05) is 30.3 Å². The van der Waals surface area contributed by atoms with Gasteiger partial charge in [-0.1, -0.05) is 36.4 Å². The van der Waals surface area contributed by atoms with Gasteiger partial charge in [-0.2, -0.15) is 13.2 Å². The van der Waals surface area contributed by atoms with E-state index in [1.54, 1.807) is 12.1 Å². The summed E-state index contributed by atoms with van der Waals surface area (Å²) in [4.78, 5) is 14.0. The minimum atomic E-state index is -4.24. The predicted octanol–water partition coefficient (Wildman–Crippen LogP) is 4.25. The summed E-state index contributed by atoms with van der Waals surface area (Å²) >= 11 is 0. The van der Waals surface area contributed by atoms with Crippen LogP contribution in [0.3, 0.4) is 0 Å². The number of halogens is 3. The van der Waals surface area contributed by atoms with Gasteiger partial charge in [-0.25, -0.2) is 0 Å². The Hall–Kier alpha value is -2.04. The molecule has 1 atom stereocenters. The smallest absolute Gasteiger partial charge is 0.338 e. The first-order chi connectivity index (χ1) is 10.5. The van der Waals surface area contributed by atoms with Crippen molar-refractivity contribution < 1.29 is 18.0 Å². The predicted molar refractivity (Wildman–Crippen MR) is 78.6 cm³/mol.